The van der Waals surface area contributed by atoms with Gasteiger partial charge in [0, 0.05) is 12.0 Å². The van der Waals surface area contributed by atoms with Crippen molar-refractivity contribution in [1.82, 2.24) is 5.32 Å². The number of ether oxygens (including phenoxy) is 1. The number of aliphatic carboxylic acids is 1. The second kappa shape index (κ2) is 4.67. The molecule has 2 heterocycles. The zero-order valence-corrected chi connectivity index (χ0v) is 12.5. The number of rotatable bonds is 1. The lowest BCUT2D eigenvalue weighted by Crippen LogP contribution is -2.57. The fraction of sp³-hybridized carbons (Fsp3) is 0.533. The van der Waals surface area contributed by atoms with E-state index in [2.05, 4.69) is 19.2 Å². The first-order chi connectivity index (χ1) is 9.42. The van der Waals surface area contributed by atoms with Crippen LogP contribution < -0.4 is 10.1 Å². The molecule has 2 aliphatic rings. The van der Waals surface area contributed by atoms with Gasteiger partial charge in [0.15, 0.2) is 0 Å². The van der Waals surface area contributed by atoms with Crippen LogP contribution in [0.4, 0.5) is 0 Å². The summed E-state index contributed by atoms with van der Waals surface area (Å²) in [7, 11) is 0. The van der Waals surface area contributed by atoms with Gasteiger partial charge in [0.1, 0.15) is 17.4 Å². The molecular formula is C15H19NO3S. The first-order valence-electron chi connectivity index (χ1n) is 6.85. The Hall–Kier alpha value is -1.20. The monoisotopic (exact) mass is 293 g/mol. The Bertz CT molecular complexity index is 546. The van der Waals surface area contributed by atoms with Crippen LogP contribution in [0.2, 0.25) is 0 Å². The Morgan fingerprint density at radius 2 is 2.20 bits per heavy atom. The molecule has 0 aromatic heterocycles. The molecule has 2 atom stereocenters. The number of carboxylic acid groups (broad SMARTS) is 1. The molecule has 2 unspecified atom stereocenters. The maximum Gasteiger partial charge on any atom is 0.320 e. The number of hydrogen-bond donors (Lipinski definition) is 2. The minimum atomic E-state index is -0.772. The predicted octanol–water partition coefficient (Wildman–Crippen LogP) is 2.58. The number of hydrogen-bond acceptors (Lipinski definition) is 4. The summed E-state index contributed by atoms with van der Waals surface area (Å²) in [6.45, 7) is 4.11. The third kappa shape index (κ3) is 2.29. The summed E-state index contributed by atoms with van der Waals surface area (Å²) >= 11 is 1.80. The molecule has 20 heavy (non-hydrogen) atoms. The number of nitrogens with one attached hydrogen (secondary N) is 1. The molecule has 0 bridgehead atoms. The molecule has 1 aromatic rings. The highest BCUT2D eigenvalue weighted by Gasteiger charge is 2.49. The Kier molecular flexibility index (Phi) is 3.21. The van der Waals surface area contributed by atoms with E-state index in [1.165, 1.54) is 0 Å². The molecule has 0 saturated carbocycles. The number of carboxylic acids is 1. The number of fused-ring (bicyclic) bond motifs is 2. The average molecular weight is 293 g/mol. The van der Waals surface area contributed by atoms with Gasteiger partial charge in [-0.05, 0) is 32.1 Å². The van der Waals surface area contributed by atoms with E-state index in [0.29, 0.717) is 6.42 Å². The van der Waals surface area contributed by atoms with Crippen molar-refractivity contribution in [1.29, 1.82) is 0 Å². The molecule has 0 radical (unpaired) electrons. The summed E-state index contributed by atoms with van der Waals surface area (Å²) in [6, 6.07) is 7.45. The zero-order valence-electron chi connectivity index (χ0n) is 11.7. The molecule has 0 amide bonds. The van der Waals surface area contributed by atoms with Gasteiger partial charge in [0.2, 0.25) is 0 Å². The van der Waals surface area contributed by atoms with Gasteiger partial charge in [0.25, 0.3) is 0 Å². The van der Waals surface area contributed by atoms with Crippen LogP contribution in [0.1, 0.15) is 32.3 Å². The van der Waals surface area contributed by atoms with Gasteiger partial charge in [-0.25, -0.2) is 0 Å². The van der Waals surface area contributed by atoms with Crippen LogP contribution in [0.15, 0.2) is 24.3 Å². The zero-order chi connectivity index (χ0) is 14.4. The van der Waals surface area contributed by atoms with Gasteiger partial charge in [-0.3, -0.25) is 10.1 Å². The standard InChI is InChI=1S/C15H19NO3S/c1-14(2)9-15(10-5-3-4-6-12(10)19-14)16-11(13(17)18)7-8-20-15/h3-6,11,16H,7-9H2,1-2H3,(H,17,18). The van der Waals surface area contributed by atoms with E-state index in [0.717, 1.165) is 23.5 Å². The Labute approximate surface area is 122 Å². The molecule has 0 aliphatic carbocycles. The molecule has 1 saturated heterocycles. The first kappa shape index (κ1) is 13.8. The van der Waals surface area contributed by atoms with Crippen LogP contribution >= 0.6 is 11.8 Å². The normalized spacial score (nSPS) is 31.4. The van der Waals surface area contributed by atoms with Crippen LogP contribution in [-0.4, -0.2) is 28.5 Å². The summed E-state index contributed by atoms with van der Waals surface area (Å²) in [4.78, 5) is 11.0. The molecular weight excluding hydrogens is 274 g/mol. The Morgan fingerprint density at radius 3 is 2.95 bits per heavy atom. The predicted molar refractivity (Wildman–Crippen MR) is 79.1 cm³/mol. The highest BCUT2D eigenvalue weighted by atomic mass is 32.2. The van der Waals surface area contributed by atoms with Crippen molar-refractivity contribution in [3.8, 4) is 5.75 Å². The second-order valence-electron chi connectivity index (χ2n) is 6.03. The fourth-order valence-electron chi connectivity index (χ4n) is 3.11. The molecule has 108 valence electrons. The highest BCUT2D eigenvalue weighted by molar-refractivity contribution is 8.00. The number of para-hydroxylation sites is 1. The maximum absolute atomic E-state index is 11.4. The lowest BCUT2D eigenvalue weighted by Gasteiger charge is -2.49. The average Bonchev–Trinajstić information content (AvgIpc) is 2.37. The number of thioether (sulfide) groups is 1. The van der Waals surface area contributed by atoms with Crippen LogP contribution in [0.5, 0.6) is 5.75 Å². The van der Waals surface area contributed by atoms with Crippen molar-refractivity contribution in [3.05, 3.63) is 29.8 Å². The topological polar surface area (TPSA) is 58.6 Å². The van der Waals surface area contributed by atoms with Crippen LogP contribution in [0.25, 0.3) is 0 Å². The summed E-state index contributed by atoms with van der Waals surface area (Å²) < 4.78 is 6.04. The SMILES string of the molecule is CC1(C)CC2(NC(C(=O)O)CCS2)c2ccccc2O1. The summed E-state index contributed by atoms with van der Waals surface area (Å²) in [5.74, 6) is 0.926. The Balaban J connectivity index is 2.05. The third-order valence-corrected chi connectivity index (χ3v) is 5.26. The van der Waals surface area contributed by atoms with Crippen molar-refractivity contribution in [2.45, 2.75) is 43.2 Å². The van der Waals surface area contributed by atoms with Crippen LogP contribution in [-0.2, 0) is 9.67 Å². The van der Waals surface area contributed by atoms with E-state index in [4.69, 9.17) is 4.74 Å². The summed E-state index contributed by atoms with van der Waals surface area (Å²) in [6.07, 6.45) is 1.41. The van der Waals surface area contributed by atoms with Gasteiger partial charge in [-0.2, -0.15) is 0 Å². The molecule has 1 aromatic carbocycles. The van der Waals surface area contributed by atoms with E-state index < -0.39 is 12.0 Å². The molecule has 3 rings (SSSR count). The van der Waals surface area contributed by atoms with Crippen LogP contribution in [0, 0.1) is 0 Å². The van der Waals surface area contributed by atoms with E-state index in [-0.39, 0.29) is 10.5 Å². The van der Waals surface area contributed by atoms with Gasteiger partial charge in [-0.1, -0.05) is 18.2 Å². The Morgan fingerprint density at radius 1 is 1.45 bits per heavy atom. The molecule has 1 spiro atoms. The molecule has 2 N–H and O–H groups in total. The summed E-state index contributed by atoms with van der Waals surface area (Å²) in [5.41, 5.74) is 0.754. The number of carbonyl (C=O) groups is 1. The third-order valence-electron chi connectivity index (χ3n) is 3.84. The van der Waals surface area contributed by atoms with Gasteiger partial charge < -0.3 is 9.84 Å². The minimum Gasteiger partial charge on any atom is -0.487 e. The maximum atomic E-state index is 11.4. The van der Waals surface area contributed by atoms with E-state index in [1.807, 2.05) is 24.3 Å². The van der Waals surface area contributed by atoms with E-state index >= 15 is 0 Å². The molecule has 2 aliphatic heterocycles. The molecule has 5 heteroatoms. The quantitative estimate of drug-likeness (QED) is 0.833. The lowest BCUT2D eigenvalue weighted by molar-refractivity contribution is -0.140. The lowest BCUT2D eigenvalue weighted by atomic mass is 9.88. The molecule has 1 fully saturated rings. The minimum absolute atomic E-state index is 0.311. The van der Waals surface area contributed by atoms with Crippen molar-refractivity contribution >= 4 is 17.7 Å². The highest BCUT2D eigenvalue weighted by Crippen LogP contribution is 2.51. The molecule has 4 nitrogen and oxygen atoms in total. The van der Waals surface area contributed by atoms with Gasteiger partial charge in [0.05, 0.1) is 4.87 Å². The fourth-order valence-corrected chi connectivity index (χ4v) is 4.81. The largest absolute Gasteiger partial charge is 0.487 e. The smallest absolute Gasteiger partial charge is 0.320 e. The van der Waals surface area contributed by atoms with Crippen molar-refractivity contribution in [2.75, 3.05) is 5.75 Å². The van der Waals surface area contributed by atoms with Crippen molar-refractivity contribution in [3.63, 3.8) is 0 Å². The number of benzene rings is 1. The summed E-state index contributed by atoms with van der Waals surface area (Å²) in [5, 5.41) is 12.7. The van der Waals surface area contributed by atoms with Crippen LogP contribution in [0.3, 0.4) is 0 Å². The van der Waals surface area contributed by atoms with Crippen molar-refractivity contribution < 1.29 is 14.6 Å². The van der Waals surface area contributed by atoms with Gasteiger partial charge in [-0.15, -0.1) is 11.8 Å². The van der Waals surface area contributed by atoms with Gasteiger partial charge >= 0.3 is 5.97 Å². The van der Waals surface area contributed by atoms with E-state index in [1.54, 1.807) is 11.8 Å². The first-order valence-corrected chi connectivity index (χ1v) is 7.83. The van der Waals surface area contributed by atoms with Crippen molar-refractivity contribution in [2.24, 2.45) is 0 Å². The van der Waals surface area contributed by atoms with E-state index in [9.17, 15) is 9.90 Å². The second-order valence-corrected chi connectivity index (χ2v) is 7.43.